The van der Waals surface area contributed by atoms with Crippen LogP contribution in [0.2, 0.25) is 0 Å². The topological polar surface area (TPSA) is 74.8 Å². The number of hydrogen-bond acceptors (Lipinski definition) is 4. The molecule has 1 amide bonds. The molecule has 0 aliphatic heterocycles. The Hall–Kier alpha value is -3.65. The van der Waals surface area contributed by atoms with Crippen molar-refractivity contribution in [1.82, 2.24) is 15.3 Å². The first-order valence-electron chi connectivity index (χ1n) is 10.4. The van der Waals surface area contributed by atoms with E-state index in [9.17, 15) is 18.4 Å². The van der Waals surface area contributed by atoms with Crippen LogP contribution in [0.5, 0.6) is 0 Å². The van der Waals surface area contributed by atoms with Crippen molar-refractivity contribution in [3.63, 3.8) is 0 Å². The molecule has 2 N–H and O–H groups in total. The van der Waals surface area contributed by atoms with E-state index >= 15 is 0 Å². The van der Waals surface area contributed by atoms with E-state index < -0.39 is 17.5 Å². The summed E-state index contributed by atoms with van der Waals surface area (Å²) in [5.74, 6) is -2.71. The number of aromatic nitrogens is 2. The highest BCUT2D eigenvalue weighted by molar-refractivity contribution is 7.15. The Morgan fingerprint density at radius 3 is 2.76 bits per heavy atom. The zero-order valence-electron chi connectivity index (χ0n) is 17.7. The van der Waals surface area contributed by atoms with Gasteiger partial charge in [-0.1, -0.05) is 12.6 Å². The lowest BCUT2D eigenvalue weighted by molar-refractivity contribution is -0.122. The number of Topliss-reactive ketones (excluding diaryl/α,β-unsaturated/α-hetero) is 1. The van der Waals surface area contributed by atoms with Crippen LogP contribution in [0.4, 0.5) is 8.78 Å². The highest BCUT2D eigenvalue weighted by atomic mass is 32.1. The minimum atomic E-state index is -0.916. The molecule has 8 heteroatoms. The Morgan fingerprint density at radius 1 is 1.09 bits per heavy atom. The number of benzene rings is 1. The van der Waals surface area contributed by atoms with Crippen LogP contribution in [0.1, 0.15) is 23.3 Å². The highest BCUT2D eigenvalue weighted by Crippen LogP contribution is 2.29. The van der Waals surface area contributed by atoms with Crippen molar-refractivity contribution in [3.05, 3.63) is 89.1 Å². The van der Waals surface area contributed by atoms with Crippen LogP contribution in [0.15, 0.2) is 67.0 Å². The van der Waals surface area contributed by atoms with Gasteiger partial charge in [-0.05, 0) is 54.8 Å². The maximum atomic E-state index is 13.3. The number of halogens is 2. The summed E-state index contributed by atoms with van der Waals surface area (Å²) in [5.41, 5.74) is 2.30. The lowest BCUT2D eigenvalue weighted by Crippen LogP contribution is -2.27. The van der Waals surface area contributed by atoms with E-state index in [0.29, 0.717) is 18.4 Å². The third-order valence-electron chi connectivity index (χ3n) is 5.23. The van der Waals surface area contributed by atoms with E-state index in [1.54, 1.807) is 6.20 Å². The summed E-state index contributed by atoms with van der Waals surface area (Å²) < 4.78 is 26.2. The molecule has 0 bridgehead atoms. The van der Waals surface area contributed by atoms with E-state index in [0.717, 1.165) is 38.5 Å². The van der Waals surface area contributed by atoms with Gasteiger partial charge in [0.1, 0.15) is 5.65 Å². The van der Waals surface area contributed by atoms with Crippen LogP contribution < -0.4 is 5.32 Å². The molecule has 168 valence electrons. The Balaban J connectivity index is 1.26. The average Bonchev–Trinajstić information content (AvgIpc) is 3.48. The van der Waals surface area contributed by atoms with Gasteiger partial charge in [-0.3, -0.25) is 9.59 Å². The first-order valence-corrected chi connectivity index (χ1v) is 11.2. The number of H-pyrrole nitrogens is 1. The van der Waals surface area contributed by atoms with Gasteiger partial charge in [-0.15, -0.1) is 11.3 Å². The van der Waals surface area contributed by atoms with Crippen molar-refractivity contribution in [3.8, 4) is 10.4 Å². The zero-order chi connectivity index (χ0) is 23.4. The smallest absolute Gasteiger partial charge is 0.254 e. The minimum absolute atomic E-state index is 0.100. The van der Waals surface area contributed by atoms with Crippen LogP contribution in [0.25, 0.3) is 21.5 Å². The molecule has 0 atom stereocenters. The van der Waals surface area contributed by atoms with Crippen LogP contribution >= 0.6 is 11.3 Å². The van der Waals surface area contributed by atoms with Crippen LogP contribution in [-0.4, -0.2) is 21.7 Å². The number of aryl methyl sites for hydroxylation is 1. The zero-order valence-corrected chi connectivity index (χ0v) is 18.5. The van der Waals surface area contributed by atoms with E-state index in [2.05, 4.69) is 21.9 Å². The number of carbonyl (C=O) groups excluding carboxylic acids is 2. The monoisotopic (exact) mass is 465 g/mol. The molecule has 4 aromatic rings. The Labute approximate surface area is 193 Å². The maximum Gasteiger partial charge on any atom is 0.254 e. The number of amides is 1. The predicted octanol–water partition coefficient (Wildman–Crippen LogP) is 5.33. The van der Waals surface area contributed by atoms with Crippen molar-refractivity contribution in [2.75, 3.05) is 0 Å². The molecule has 1 aromatic carbocycles. The normalized spacial score (nSPS) is 11.0. The van der Waals surface area contributed by atoms with E-state index in [1.165, 1.54) is 17.4 Å². The van der Waals surface area contributed by atoms with Crippen molar-refractivity contribution >= 4 is 34.1 Å². The molecule has 0 unspecified atom stereocenters. The Bertz CT molecular complexity index is 1340. The number of fused-ring (bicyclic) bond motifs is 1. The van der Waals surface area contributed by atoms with Gasteiger partial charge >= 0.3 is 0 Å². The van der Waals surface area contributed by atoms with Gasteiger partial charge in [0.05, 0.1) is 12.1 Å². The summed E-state index contributed by atoms with van der Waals surface area (Å²) >= 11 is 1.54. The van der Waals surface area contributed by atoms with Gasteiger partial charge < -0.3 is 10.3 Å². The first-order chi connectivity index (χ1) is 15.9. The first kappa shape index (κ1) is 22.5. The van der Waals surface area contributed by atoms with E-state index in [1.807, 2.05) is 30.5 Å². The number of nitrogens with zero attached hydrogens (tertiary/aromatic N) is 1. The second-order valence-electron chi connectivity index (χ2n) is 7.59. The second-order valence-corrected chi connectivity index (χ2v) is 8.76. The summed E-state index contributed by atoms with van der Waals surface area (Å²) in [6.45, 7) is 3.90. The molecular weight excluding hydrogens is 444 g/mol. The van der Waals surface area contributed by atoms with Crippen molar-refractivity contribution < 1.29 is 18.4 Å². The van der Waals surface area contributed by atoms with Crippen LogP contribution in [-0.2, 0) is 22.6 Å². The number of hydrogen-bond donors (Lipinski definition) is 2. The van der Waals surface area contributed by atoms with Gasteiger partial charge in [0.15, 0.2) is 17.4 Å². The molecule has 0 saturated heterocycles. The fourth-order valence-electron chi connectivity index (χ4n) is 3.40. The summed E-state index contributed by atoms with van der Waals surface area (Å²) in [6.07, 6.45) is 4.55. The molecule has 33 heavy (non-hydrogen) atoms. The summed E-state index contributed by atoms with van der Waals surface area (Å²) in [7, 11) is 0. The molecule has 0 radical (unpaired) electrons. The van der Waals surface area contributed by atoms with Gasteiger partial charge in [-0.25, -0.2) is 13.8 Å². The average molecular weight is 466 g/mol. The van der Waals surface area contributed by atoms with Crippen molar-refractivity contribution in [2.45, 2.75) is 25.8 Å². The van der Waals surface area contributed by atoms with Gasteiger partial charge in [0, 0.05) is 39.5 Å². The molecular formula is C25H21F2N3O2S. The molecule has 5 nitrogen and oxygen atoms in total. The highest BCUT2D eigenvalue weighted by Gasteiger charge is 2.16. The van der Waals surface area contributed by atoms with Gasteiger partial charge in [-0.2, -0.15) is 0 Å². The number of pyridine rings is 1. The van der Waals surface area contributed by atoms with Crippen molar-refractivity contribution in [2.24, 2.45) is 0 Å². The lowest BCUT2D eigenvalue weighted by Gasteiger charge is -2.07. The number of nitrogens with one attached hydrogen (secondary N) is 2. The van der Waals surface area contributed by atoms with Gasteiger partial charge in [0.2, 0.25) is 0 Å². The molecule has 0 saturated carbocycles. The second kappa shape index (κ2) is 9.87. The maximum absolute atomic E-state index is 13.3. The molecule has 3 aromatic heterocycles. The van der Waals surface area contributed by atoms with E-state index in [-0.39, 0.29) is 24.3 Å². The molecule has 0 fully saturated rings. The third kappa shape index (κ3) is 5.40. The summed E-state index contributed by atoms with van der Waals surface area (Å²) in [4.78, 5) is 34.0. The number of carbonyl (C=O) groups is 2. The van der Waals surface area contributed by atoms with Crippen molar-refractivity contribution in [1.29, 1.82) is 0 Å². The van der Waals surface area contributed by atoms with Gasteiger partial charge in [0.25, 0.3) is 5.91 Å². The van der Waals surface area contributed by atoms with E-state index in [4.69, 9.17) is 0 Å². The standard InChI is InChI=1S/C25H21F2N3O2S/c1-15(22(31)4-2-3-16-5-7-20(26)21(27)11-16)25(32)30-14-19-6-8-23(33-19)18-12-17-9-10-28-24(17)29-13-18/h5-13H,1-4,14H2,(H,28,29)(H,30,32). The number of rotatable bonds is 9. The number of ketones is 1. The quantitative estimate of drug-likeness (QED) is 0.199. The Kier molecular flexibility index (Phi) is 6.74. The molecule has 0 aliphatic carbocycles. The minimum Gasteiger partial charge on any atom is -0.347 e. The molecule has 0 spiro atoms. The lowest BCUT2D eigenvalue weighted by atomic mass is 10.0. The summed E-state index contributed by atoms with van der Waals surface area (Å²) in [5, 5.41) is 3.75. The molecule has 0 aliphatic rings. The largest absolute Gasteiger partial charge is 0.347 e. The predicted molar refractivity (Wildman–Crippen MR) is 125 cm³/mol. The fourth-order valence-corrected chi connectivity index (χ4v) is 4.33. The number of thiophene rings is 1. The Morgan fingerprint density at radius 2 is 1.94 bits per heavy atom. The molecule has 4 rings (SSSR count). The fraction of sp³-hybridized carbons (Fsp3) is 0.160. The summed E-state index contributed by atoms with van der Waals surface area (Å²) in [6, 6.07) is 11.6. The SMILES string of the molecule is C=C(C(=O)CCCc1ccc(F)c(F)c1)C(=O)NCc1ccc(-c2cnc3[nH]ccc3c2)s1. The molecule has 3 heterocycles. The van der Waals surface area contributed by atoms with Crippen LogP contribution in [0, 0.1) is 11.6 Å². The van der Waals surface area contributed by atoms with Crippen LogP contribution in [0.3, 0.4) is 0 Å². The third-order valence-corrected chi connectivity index (χ3v) is 6.37. The number of aromatic amines is 1.